The summed E-state index contributed by atoms with van der Waals surface area (Å²) in [7, 11) is 2.05. The molecule has 3 atom stereocenters. The van der Waals surface area contributed by atoms with Crippen molar-refractivity contribution in [2.24, 2.45) is 0 Å². The molecule has 0 aromatic heterocycles. The Labute approximate surface area is 213 Å². The van der Waals surface area contributed by atoms with Gasteiger partial charge in [0.25, 0.3) is 5.91 Å². The minimum atomic E-state index is -0.503. The molecule has 188 valence electrons. The maximum Gasteiger partial charge on any atom is 0.251 e. The summed E-state index contributed by atoms with van der Waals surface area (Å²) in [6.07, 6.45) is 1.98. The Morgan fingerprint density at radius 2 is 1.67 bits per heavy atom. The Morgan fingerprint density at radius 1 is 1.00 bits per heavy atom. The van der Waals surface area contributed by atoms with E-state index in [1.807, 2.05) is 72.8 Å². The molecular weight excluding hydrogens is 452 g/mol. The van der Waals surface area contributed by atoms with Crippen LogP contribution in [-0.2, 0) is 22.6 Å². The summed E-state index contributed by atoms with van der Waals surface area (Å²) in [6, 6.07) is 25.1. The zero-order valence-corrected chi connectivity index (χ0v) is 20.7. The number of rotatable bonds is 10. The summed E-state index contributed by atoms with van der Waals surface area (Å²) in [5.74, 6) is -0.0971. The van der Waals surface area contributed by atoms with Crippen molar-refractivity contribution in [3.8, 4) is 0 Å². The van der Waals surface area contributed by atoms with Gasteiger partial charge in [-0.25, -0.2) is 0 Å². The van der Waals surface area contributed by atoms with E-state index in [1.54, 1.807) is 12.1 Å². The lowest BCUT2D eigenvalue weighted by Gasteiger charge is -2.37. The number of carbonyl (C=O) groups excluding carboxylic acids is 1. The van der Waals surface area contributed by atoms with Gasteiger partial charge in [-0.05, 0) is 35.9 Å². The number of ether oxygens (including phenoxy) is 2. The molecule has 0 bridgehead atoms. The van der Waals surface area contributed by atoms with Crippen molar-refractivity contribution in [3.05, 3.63) is 119 Å². The topological polar surface area (TPSA) is 71.0 Å². The predicted molar refractivity (Wildman–Crippen MR) is 140 cm³/mol. The first kappa shape index (κ1) is 25.8. The summed E-state index contributed by atoms with van der Waals surface area (Å²) in [4.78, 5) is 14.5. The average molecular weight is 487 g/mol. The van der Waals surface area contributed by atoms with Crippen LogP contribution >= 0.6 is 0 Å². The maximum absolute atomic E-state index is 12.3. The summed E-state index contributed by atoms with van der Waals surface area (Å²) in [6.45, 7) is 5.84. The number of nitrogens with zero attached hydrogens (tertiary/aromatic N) is 1. The molecule has 36 heavy (non-hydrogen) atoms. The van der Waals surface area contributed by atoms with Gasteiger partial charge in [-0.3, -0.25) is 4.79 Å². The molecule has 1 saturated heterocycles. The summed E-state index contributed by atoms with van der Waals surface area (Å²) in [5.41, 5.74) is 4.51. The van der Waals surface area contributed by atoms with Gasteiger partial charge in [-0.1, -0.05) is 72.8 Å². The number of carbonyl (C=O) groups is 1. The molecule has 0 aliphatic carbocycles. The Balaban J connectivity index is 1.44. The lowest BCUT2D eigenvalue weighted by Crippen LogP contribution is -2.37. The first-order chi connectivity index (χ1) is 17.6. The van der Waals surface area contributed by atoms with E-state index in [-0.39, 0.29) is 24.7 Å². The third-order valence-electron chi connectivity index (χ3n) is 6.31. The van der Waals surface area contributed by atoms with Crippen LogP contribution in [0.15, 0.2) is 91.5 Å². The highest BCUT2D eigenvalue weighted by Crippen LogP contribution is 2.38. The number of hydrogen-bond acceptors (Lipinski definition) is 5. The lowest BCUT2D eigenvalue weighted by molar-refractivity contribution is -0.252. The third kappa shape index (κ3) is 6.89. The van der Waals surface area contributed by atoms with Gasteiger partial charge in [0.2, 0.25) is 0 Å². The molecule has 3 aromatic rings. The van der Waals surface area contributed by atoms with Crippen molar-refractivity contribution in [1.29, 1.82) is 0 Å². The Hall–Kier alpha value is -3.29. The highest BCUT2D eigenvalue weighted by atomic mass is 16.7. The Morgan fingerprint density at radius 3 is 2.33 bits per heavy atom. The Bertz CT molecular complexity index is 1120. The van der Waals surface area contributed by atoms with E-state index >= 15 is 0 Å². The van der Waals surface area contributed by atoms with E-state index in [0.717, 1.165) is 41.8 Å². The molecule has 6 nitrogen and oxygen atoms in total. The van der Waals surface area contributed by atoms with Crippen molar-refractivity contribution < 1.29 is 19.4 Å². The molecule has 1 heterocycles. The van der Waals surface area contributed by atoms with Gasteiger partial charge in [0.05, 0.1) is 18.8 Å². The monoisotopic (exact) mass is 486 g/mol. The second kappa shape index (κ2) is 12.6. The maximum atomic E-state index is 12.3. The minimum absolute atomic E-state index is 0.0129. The molecule has 1 amide bonds. The number of aliphatic hydroxyl groups excluding tert-OH is 1. The Kier molecular flexibility index (Phi) is 9.03. The molecular formula is C30H34N2O4. The van der Waals surface area contributed by atoms with Crippen LogP contribution in [0, 0.1) is 0 Å². The molecule has 0 spiro atoms. The minimum Gasteiger partial charge on any atom is -0.392 e. The van der Waals surface area contributed by atoms with Crippen LogP contribution in [-0.4, -0.2) is 42.2 Å². The molecule has 0 radical (unpaired) electrons. The zero-order valence-electron chi connectivity index (χ0n) is 20.7. The van der Waals surface area contributed by atoms with Crippen LogP contribution in [0.2, 0.25) is 0 Å². The molecule has 2 N–H and O–H groups in total. The van der Waals surface area contributed by atoms with Gasteiger partial charge in [-0.2, -0.15) is 0 Å². The van der Waals surface area contributed by atoms with E-state index in [1.165, 1.54) is 0 Å². The van der Waals surface area contributed by atoms with Gasteiger partial charge < -0.3 is 24.8 Å². The number of hydrogen-bond donors (Lipinski definition) is 2. The predicted octanol–water partition coefficient (Wildman–Crippen LogP) is 4.77. The molecule has 6 heteroatoms. The summed E-state index contributed by atoms with van der Waals surface area (Å²) < 4.78 is 12.8. The van der Waals surface area contributed by atoms with Crippen LogP contribution < -0.4 is 5.32 Å². The van der Waals surface area contributed by atoms with E-state index in [2.05, 4.69) is 23.8 Å². The number of likely N-dealkylation sites (N-methyl/N-ethyl adjacent to an activating group) is 1. The van der Waals surface area contributed by atoms with Crippen molar-refractivity contribution in [1.82, 2.24) is 10.2 Å². The molecule has 1 aliphatic rings. The van der Waals surface area contributed by atoms with Crippen LogP contribution in [0.25, 0.3) is 0 Å². The highest BCUT2D eigenvalue weighted by molar-refractivity contribution is 5.94. The van der Waals surface area contributed by atoms with Gasteiger partial charge in [-0.15, -0.1) is 6.58 Å². The number of aliphatic hydroxyl groups is 1. The van der Waals surface area contributed by atoms with E-state index in [9.17, 15) is 9.90 Å². The van der Waals surface area contributed by atoms with Crippen LogP contribution in [0.4, 0.5) is 0 Å². The fourth-order valence-corrected chi connectivity index (χ4v) is 4.34. The highest BCUT2D eigenvalue weighted by Gasteiger charge is 2.32. The van der Waals surface area contributed by atoms with Gasteiger partial charge >= 0.3 is 0 Å². The van der Waals surface area contributed by atoms with Gasteiger partial charge in [0.15, 0.2) is 6.29 Å². The standard InChI is InChI=1S/C30H34N2O4/c1-3-17-32(2)20-27-18-28(24-13-11-23(21-33)12-14-24)36-30(35-27)26-15-9-22(10-16-26)19-31-29(34)25-7-5-4-6-8-25/h3-16,27-28,30,33H,1,17-21H2,2H3,(H,31,34). The smallest absolute Gasteiger partial charge is 0.251 e. The van der Waals surface area contributed by atoms with Crippen LogP contribution in [0.1, 0.15) is 51.4 Å². The molecule has 1 aliphatic heterocycles. The fraction of sp³-hybridized carbons (Fsp3) is 0.300. The zero-order chi connectivity index (χ0) is 25.3. The molecule has 0 saturated carbocycles. The molecule has 4 rings (SSSR count). The second-order valence-electron chi connectivity index (χ2n) is 9.15. The SMILES string of the molecule is C=CCN(C)CC1CC(c2ccc(CO)cc2)OC(c2ccc(CNC(=O)c3ccccc3)cc2)O1. The summed E-state index contributed by atoms with van der Waals surface area (Å²) in [5, 5.41) is 12.3. The van der Waals surface area contributed by atoms with Crippen LogP contribution in [0.3, 0.4) is 0 Å². The number of amides is 1. The van der Waals surface area contributed by atoms with Gasteiger partial charge in [0, 0.05) is 37.2 Å². The van der Waals surface area contributed by atoms with E-state index in [4.69, 9.17) is 9.47 Å². The average Bonchev–Trinajstić information content (AvgIpc) is 2.92. The van der Waals surface area contributed by atoms with Crippen molar-refractivity contribution in [2.75, 3.05) is 20.1 Å². The van der Waals surface area contributed by atoms with Crippen molar-refractivity contribution in [3.63, 3.8) is 0 Å². The third-order valence-corrected chi connectivity index (χ3v) is 6.31. The number of benzene rings is 3. The number of nitrogens with one attached hydrogen (secondary N) is 1. The molecule has 1 fully saturated rings. The fourth-order valence-electron chi connectivity index (χ4n) is 4.34. The summed E-state index contributed by atoms with van der Waals surface area (Å²) >= 11 is 0. The largest absolute Gasteiger partial charge is 0.392 e. The van der Waals surface area contributed by atoms with Crippen molar-refractivity contribution in [2.45, 2.75) is 38.1 Å². The molecule has 3 unspecified atom stereocenters. The first-order valence-corrected chi connectivity index (χ1v) is 12.3. The van der Waals surface area contributed by atoms with Crippen molar-refractivity contribution >= 4 is 5.91 Å². The van der Waals surface area contributed by atoms with Gasteiger partial charge in [0.1, 0.15) is 0 Å². The second-order valence-corrected chi connectivity index (χ2v) is 9.15. The van der Waals surface area contributed by atoms with E-state index < -0.39 is 6.29 Å². The molecule has 3 aromatic carbocycles. The first-order valence-electron chi connectivity index (χ1n) is 12.3. The quantitative estimate of drug-likeness (QED) is 0.404. The lowest BCUT2D eigenvalue weighted by atomic mass is 9.99. The van der Waals surface area contributed by atoms with Crippen LogP contribution in [0.5, 0.6) is 0 Å². The normalized spacial score (nSPS) is 19.7. The van der Waals surface area contributed by atoms with E-state index in [0.29, 0.717) is 12.1 Å².